The summed E-state index contributed by atoms with van der Waals surface area (Å²) in [5.74, 6) is 2.30. The molecule has 0 spiro atoms. The number of carbonyl (C=O) groups is 1. The topological polar surface area (TPSA) is 84.5 Å². The van der Waals surface area contributed by atoms with Gasteiger partial charge in [-0.2, -0.15) is 0 Å². The van der Waals surface area contributed by atoms with E-state index in [0.29, 0.717) is 34.3 Å². The van der Waals surface area contributed by atoms with Gasteiger partial charge in [-0.25, -0.2) is 4.79 Å². The summed E-state index contributed by atoms with van der Waals surface area (Å²) in [5, 5.41) is 3.49. The average molecular weight is 399 g/mol. The SMILES string of the molecule is COc1ccc2c(c1OC)C(=O)O[C@@H]2C1NCCc2cc3c(c(OC)c21)OCO3. The lowest BCUT2D eigenvalue weighted by atomic mass is 9.86. The molecule has 2 atom stereocenters. The van der Waals surface area contributed by atoms with Gasteiger partial charge < -0.3 is 33.7 Å². The van der Waals surface area contributed by atoms with Gasteiger partial charge >= 0.3 is 5.97 Å². The lowest BCUT2D eigenvalue weighted by Gasteiger charge is -2.32. The van der Waals surface area contributed by atoms with Crippen LogP contribution < -0.4 is 29.0 Å². The van der Waals surface area contributed by atoms with Crippen molar-refractivity contribution in [1.82, 2.24) is 5.32 Å². The molecular formula is C21H21NO7. The Morgan fingerprint density at radius 1 is 1.07 bits per heavy atom. The Kier molecular flexibility index (Phi) is 4.16. The van der Waals surface area contributed by atoms with Crippen molar-refractivity contribution >= 4 is 5.97 Å². The van der Waals surface area contributed by atoms with Gasteiger partial charge in [0.15, 0.2) is 23.0 Å². The van der Waals surface area contributed by atoms with Crippen LogP contribution in [0.15, 0.2) is 18.2 Å². The summed E-state index contributed by atoms with van der Waals surface area (Å²) in [6.45, 7) is 0.891. The maximum Gasteiger partial charge on any atom is 0.343 e. The zero-order chi connectivity index (χ0) is 20.1. The Balaban J connectivity index is 1.65. The highest BCUT2D eigenvalue weighted by atomic mass is 16.7. The zero-order valence-corrected chi connectivity index (χ0v) is 16.4. The average Bonchev–Trinajstić information content (AvgIpc) is 3.35. The predicted octanol–water partition coefficient (Wildman–Crippen LogP) is 2.54. The fourth-order valence-electron chi connectivity index (χ4n) is 4.43. The minimum Gasteiger partial charge on any atom is -0.493 e. The minimum absolute atomic E-state index is 0.158. The van der Waals surface area contributed by atoms with Crippen LogP contribution in [-0.2, 0) is 11.2 Å². The number of fused-ring (bicyclic) bond motifs is 3. The largest absolute Gasteiger partial charge is 0.493 e. The molecule has 152 valence electrons. The van der Waals surface area contributed by atoms with Gasteiger partial charge in [-0.3, -0.25) is 0 Å². The minimum atomic E-state index is -0.536. The van der Waals surface area contributed by atoms with E-state index in [9.17, 15) is 4.79 Å². The molecule has 8 heteroatoms. The van der Waals surface area contributed by atoms with Gasteiger partial charge in [0.25, 0.3) is 0 Å². The number of esters is 1. The first-order valence-electron chi connectivity index (χ1n) is 9.36. The fourth-order valence-corrected chi connectivity index (χ4v) is 4.43. The van der Waals surface area contributed by atoms with E-state index in [-0.39, 0.29) is 12.8 Å². The van der Waals surface area contributed by atoms with Gasteiger partial charge in [0.1, 0.15) is 11.7 Å². The Morgan fingerprint density at radius 2 is 1.90 bits per heavy atom. The number of ether oxygens (including phenoxy) is 6. The second-order valence-corrected chi connectivity index (χ2v) is 6.99. The second kappa shape index (κ2) is 6.73. The van der Waals surface area contributed by atoms with Gasteiger partial charge in [-0.15, -0.1) is 0 Å². The van der Waals surface area contributed by atoms with Crippen LogP contribution in [0.5, 0.6) is 28.7 Å². The molecule has 0 fully saturated rings. The molecule has 0 bridgehead atoms. The predicted molar refractivity (Wildman–Crippen MR) is 101 cm³/mol. The monoisotopic (exact) mass is 399 g/mol. The van der Waals surface area contributed by atoms with Crippen LogP contribution in [0, 0.1) is 0 Å². The molecule has 29 heavy (non-hydrogen) atoms. The maximum atomic E-state index is 12.8. The van der Waals surface area contributed by atoms with E-state index < -0.39 is 12.1 Å². The number of hydrogen-bond donors (Lipinski definition) is 1. The lowest BCUT2D eigenvalue weighted by Crippen LogP contribution is -2.34. The summed E-state index contributed by atoms with van der Waals surface area (Å²) in [7, 11) is 4.65. The second-order valence-electron chi connectivity index (χ2n) is 6.99. The molecule has 3 heterocycles. The number of benzene rings is 2. The third kappa shape index (κ3) is 2.52. The van der Waals surface area contributed by atoms with Crippen molar-refractivity contribution in [3.05, 3.63) is 40.5 Å². The van der Waals surface area contributed by atoms with Crippen molar-refractivity contribution in [2.75, 3.05) is 34.7 Å². The first kappa shape index (κ1) is 17.9. The summed E-state index contributed by atoms with van der Waals surface area (Å²) in [6, 6.07) is 5.32. The van der Waals surface area contributed by atoms with Crippen LogP contribution in [-0.4, -0.2) is 40.6 Å². The van der Waals surface area contributed by atoms with Gasteiger partial charge in [0.2, 0.25) is 12.5 Å². The summed E-state index contributed by atoms with van der Waals surface area (Å²) >= 11 is 0. The van der Waals surface area contributed by atoms with E-state index in [1.165, 1.54) is 14.2 Å². The van der Waals surface area contributed by atoms with Gasteiger partial charge in [-0.05, 0) is 30.7 Å². The third-order valence-corrected chi connectivity index (χ3v) is 5.64. The molecule has 0 amide bonds. The Morgan fingerprint density at radius 3 is 2.66 bits per heavy atom. The summed E-state index contributed by atoms with van der Waals surface area (Å²) in [4.78, 5) is 12.8. The van der Waals surface area contributed by atoms with Crippen LogP contribution >= 0.6 is 0 Å². The fraction of sp³-hybridized carbons (Fsp3) is 0.381. The highest BCUT2D eigenvalue weighted by molar-refractivity contribution is 5.98. The molecule has 0 saturated carbocycles. The Hall–Kier alpha value is -3.13. The normalized spacial score (nSPS) is 21.3. The van der Waals surface area contributed by atoms with Crippen LogP contribution in [0.4, 0.5) is 0 Å². The van der Waals surface area contributed by atoms with E-state index in [4.69, 9.17) is 28.4 Å². The summed E-state index contributed by atoms with van der Waals surface area (Å²) in [6.07, 6.45) is 0.267. The molecule has 1 N–H and O–H groups in total. The van der Waals surface area contributed by atoms with E-state index in [2.05, 4.69) is 5.32 Å². The zero-order valence-electron chi connectivity index (χ0n) is 16.4. The smallest absolute Gasteiger partial charge is 0.343 e. The number of cyclic esters (lactones) is 1. The van der Waals surface area contributed by atoms with Gasteiger partial charge in [0.05, 0.1) is 27.4 Å². The van der Waals surface area contributed by atoms with Crippen LogP contribution in [0.2, 0.25) is 0 Å². The van der Waals surface area contributed by atoms with Crippen molar-refractivity contribution in [2.45, 2.75) is 18.6 Å². The molecule has 0 radical (unpaired) electrons. The van der Waals surface area contributed by atoms with Crippen LogP contribution in [0.3, 0.4) is 0 Å². The molecule has 5 rings (SSSR count). The van der Waals surface area contributed by atoms with Crippen molar-refractivity contribution in [1.29, 1.82) is 0 Å². The molecule has 0 saturated heterocycles. The molecule has 2 aromatic carbocycles. The highest BCUT2D eigenvalue weighted by Crippen LogP contribution is 2.53. The molecular weight excluding hydrogens is 378 g/mol. The molecule has 0 aromatic heterocycles. The Labute approximate surface area is 167 Å². The van der Waals surface area contributed by atoms with Crippen molar-refractivity contribution in [3.63, 3.8) is 0 Å². The van der Waals surface area contributed by atoms with E-state index in [0.717, 1.165) is 29.7 Å². The standard InChI is InChI=1S/C21H21NO7/c1-24-12-5-4-11-15(18(12)25-2)21(23)29-17(11)16-14-10(6-7-22-16)8-13-19(20(14)26-3)28-9-27-13/h4-5,8,16-17,22H,6-7,9H2,1-3H3/t16?,17-/m0/s1. The summed E-state index contributed by atoms with van der Waals surface area (Å²) < 4.78 is 33.5. The molecule has 8 nitrogen and oxygen atoms in total. The van der Waals surface area contributed by atoms with E-state index in [1.807, 2.05) is 12.1 Å². The number of hydrogen-bond acceptors (Lipinski definition) is 8. The third-order valence-electron chi connectivity index (χ3n) is 5.64. The number of carbonyl (C=O) groups excluding carboxylic acids is 1. The van der Waals surface area contributed by atoms with Crippen molar-refractivity contribution in [3.8, 4) is 28.7 Å². The van der Waals surface area contributed by atoms with Crippen LogP contribution in [0.1, 0.15) is 39.2 Å². The first-order chi connectivity index (χ1) is 14.2. The quantitative estimate of drug-likeness (QED) is 0.786. The van der Waals surface area contributed by atoms with Gasteiger partial charge in [-0.1, -0.05) is 6.07 Å². The molecule has 0 aliphatic carbocycles. The number of methoxy groups -OCH3 is 3. The Bertz CT molecular complexity index is 1000. The highest BCUT2D eigenvalue weighted by Gasteiger charge is 2.44. The molecule has 1 unspecified atom stereocenters. The van der Waals surface area contributed by atoms with E-state index >= 15 is 0 Å². The van der Waals surface area contributed by atoms with Gasteiger partial charge in [0, 0.05) is 11.1 Å². The van der Waals surface area contributed by atoms with Crippen molar-refractivity contribution < 1.29 is 33.2 Å². The molecule has 3 aliphatic heterocycles. The molecule has 3 aliphatic rings. The number of rotatable bonds is 4. The summed E-state index contributed by atoms with van der Waals surface area (Å²) in [5.41, 5.74) is 3.14. The number of nitrogens with one attached hydrogen (secondary N) is 1. The first-order valence-corrected chi connectivity index (χ1v) is 9.36. The maximum absolute atomic E-state index is 12.8. The van der Waals surface area contributed by atoms with Crippen LogP contribution in [0.25, 0.3) is 0 Å². The van der Waals surface area contributed by atoms with Crippen molar-refractivity contribution in [2.24, 2.45) is 0 Å². The molecule has 2 aromatic rings. The lowest BCUT2D eigenvalue weighted by molar-refractivity contribution is 0.0282. The van der Waals surface area contributed by atoms with E-state index in [1.54, 1.807) is 13.2 Å².